The van der Waals surface area contributed by atoms with Crippen LogP contribution in [0.25, 0.3) is 11.0 Å². The van der Waals surface area contributed by atoms with Gasteiger partial charge in [-0.15, -0.1) is 14.4 Å². The van der Waals surface area contributed by atoms with Gasteiger partial charge in [0.1, 0.15) is 11.0 Å². The normalized spacial score (nSPS) is 12.1. The first-order valence-corrected chi connectivity index (χ1v) is 5.35. The monoisotopic (exact) mass is 231 g/mol. The maximum Gasteiger partial charge on any atom is 0.294 e. The van der Waals surface area contributed by atoms with Gasteiger partial charge in [-0.1, -0.05) is 0 Å². The van der Waals surface area contributed by atoms with Crippen LogP contribution in [0, 0.1) is 0 Å². The Morgan fingerprint density at radius 3 is 2.57 bits per heavy atom. The van der Waals surface area contributed by atoms with Crippen LogP contribution in [-0.2, 0) is 10.1 Å². The predicted octanol–water partition coefficient (Wildman–Crippen LogP) is 0.371. The summed E-state index contributed by atoms with van der Waals surface area (Å²) in [4.78, 5) is -0.209. The van der Waals surface area contributed by atoms with Gasteiger partial charge < -0.3 is 0 Å². The molecule has 0 spiro atoms. The molecular formula is C6H5N3O3S2. The lowest BCUT2D eigenvalue weighted by molar-refractivity contribution is 0.483. The van der Waals surface area contributed by atoms with Crippen molar-refractivity contribution in [2.75, 3.05) is 0 Å². The first-order valence-electron chi connectivity index (χ1n) is 3.51. The predicted molar refractivity (Wildman–Crippen MR) is 51.7 cm³/mol. The molecule has 0 atom stereocenters. The molecule has 74 valence electrons. The summed E-state index contributed by atoms with van der Waals surface area (Å²) >= 11 is 3.83. The van der Waals surface area contributed by atoms with E-state index in [2.05, 4.69) is 23.0 Å². The van der Waals surface area contributed by atoms with E-state index in [1.165, 1.54) is 18.2 Å². The number of hydrogen-bond acceptors (Lipinski definition) is 5. The highest BCUT2D eigenvalue weighted by Gasteiger charge is 2.11. The van der Waals surface area contributed by atoms with Gasteiger partial charge in [0.05, 0.1) is 4.90 Å². The molecular weight excluding hydrogens is 226 g/mol. The Kier molecular flexibility index (Phi) is 1.98. The fourth-order valence-electron chi connectivity index (χ4n) is 1.04. The fourth-order valence-corrected chi connectivity index (χ4v) is 1.74. The van der Waals surface area contributed by atoms with Crippen molar-refractivity contribution in [3.8, 4) is 0 Å². The molecule has 14 heavy (non-hydrogen) atoms. The van der Waals surface area contributed by atoms with Gasteiger partial charge in [-0.3, -0.25) is 4.55 Å². The SMILES string of the molecule is O=S(=O)(O)c1ccc2nn(S)nc2c1. The van der Waals surface area contributed by atoms with E-state index >= 15 is 0 Å². The summed E-state index contributed by atoms with van der Waals surface area (Å²) < 4.78 is 31.3. The zero-order valence-corrected chi connectivity index (χ0v) is 8.40. The van der Waals surface area contributed by atoms with Gasteiger partial charge in [0.25, 0.3) is 10.1 Å². The van der Waals surface area contributed by atoms with Crippen molar-refractivity contribution in [2.45, 2.75) is 4.90 Å². The van der Waals surface area contributed by atoms with E-state index in [0.717, 1.165) is 4.20 Å². The minimum atomic E-state index is -4.19. The molecule has 0 aliphatic rings. The highest BCUT2D eigenvalue weighted by molar-refractivity contribution is 7.85. The van der Waals surface area contributed by atoms with Gasteiger partial charge in [0.2, 0.25) is 0 Å². The Morgan fingerprint density at radius 2 is 1.93 bits per heavy atom. The standard InChI is InChI=1S/C6H5N3O3S2/c10-14(11,12)4-1-2-5-6(3-4)8-9(13)7-5/h1-3,13H,(H,10,11,12). The highest BCUT2D eigenvalue weighted by Crippen LogP contribution is 2.15. The van der Waals surface area contributed by atoms with Gasteiger partial charge >= 0.3 is 0 Å². The molecule has 0 bridgehead atoms. The second-order valence-electron chi connectivity index (χ2n) is 2.59. The maximum absolute atomic E-state index is 10.8. The quantitative estimate of drug-likeness (QED) is 0.547. The number of benzene rings is 1. The molecule has 0 aliphatic carbocycles. The molecule has 1 heterocycles. The van der Waals surface area contributed by atoms with Crippen molar-refractivity contribution in [1.29, 1.82) is 0 Å². The summed E-state index contributed by atoms with van der Waals surface area (Å²) in [6.07, 6.45) is 0. The molecule has 8 heteroatoms. The third-order valence-electron chi connectivity index (χ3n) is 1.64. The van der Waals surface area contributed by atoms with E-state index in [-0.39, 0.29) is 4.90 Å². The molecule has 0 radical (unpaired) electrons. The van der Waals surface area contributed by atoms with Crippen molar-refractivity contribution in [3.63, 3.8) is 0 Å². The molecule has 2 rings (SSSR count). The average molecular weight is 231 g/mol. The Labute approximate surface area is 84.8 Å². The van der Waals surface area contributed by atoms with E-state index in [9.17, 15) is 8.42 Å². The summed E-state index contributed by atoms with van der Waals surface area (Å²) in [5.74, 6) is 0. The Balaban J connectivity index is 2.74. The average Bonchev–Trinajstić information content (AvgIpc) is 2.41. The van der Waals surface area contributed by atoms with Crippen LogP contribution < -0.4 is 0 Å². The molecule has 0 fully saturated rings. The number of fused-ring (bicyclic) bond motifs is 1. The topological polar surface area (TPSA) is 85.1 Å². The number of hydrogen-bond donors (Lipinski definition) is 2. The van der Waals surface area contributed by atoms with Gasteiger partial charge in [0.15, 0.2) is 0 Å². The van der Waals surface area contributed by atoms with Crippen LogP contribution in [0.3, 0.4) is 0 Å². The molecule has 0 unspecified atom stereocenters. The number of thiol groups is 1. The van der Waals surface area contributed by atoms with Crippen LogP contribution in [0.15, 0.2) is 23.1 Å². The Hall–Kier alpha value is -1.12. The first kappa shape index (κ1) is 9.44. The molecule has 1 aromatic heterocycles. The van der Waals surface area contributed by atoms with Gasteiger partial charge in [0, 0.05) is 0 Å². The van der Waals surface area contributed by atoms with Gasteiger partial charge in [-0.25, -0.2) is 0 Å². The number of rotatable bonds is 1. The molecule has 0 aliphatic heterocycles. The van der Waals surface area contributed by atoms with Crippen LogP contribution >= 0.6 is 12.8 Å². The van der Waals surface area contributed by atoms with Crippen molar-refractivity contribution in [1.82, 2.24) is 14.4 Å². The van der Waals surface area contributed by atoms with Crippen LogP contribution in [0.2, 0.25) is 0 Å². The highest BCUT2D eigenvalue weighted by atomic mass is 32.2. The minimum absolute atomic E-state index is 0.209. The largest absolute Gasteiger partial charge is 0.294 e. The van der Waals surface area contributed by atoms with Crippen molar-refractivity contribution in [3.05, 3.63) is 18.2 Å². The lowest BCUT2D eigenvalue weighted by Crippen LogP contribution is -1.97. The van der Waals surface area contributed by atoms with E-state index in [4.69, 9.17) is 4.55 Å². The summed E-state index contributed by atoms with van der Waals surface area (Å²) in [5.41, 5.74) is 0.863. The van der Waals surface area contributed by atoms with E-state index < -0.39 is 10.1 Å². The first-order chi connectivity index (χ1) is 6.47. The Morgan fingerprint density at radius 1 is 1.29 bits per heavy atom. The zero-order valence-electron chi connectivity index (χ0n) is 6.69. The van der Waals surface area contributed by atoms with E-state index in [0.29, 0.717) is 11.0 Å². The molecule has 6 nitrogen and oxygen atoms in total. The molecule has 0 saturated heterocycles. The van der Waals surface area contributed by atoms with Crippen LogP contribution in [0.5, 0.6) is 0 Å². The molecule has 0 amide bonds. The third-order valence-corrected chi connectivity index (χ3v) is 2.67. The zero-order chi connectivity index (χ0) is 10.3. The number of aromatic nitrogens is 3. The molecule has 1 aromatic carbocycles. The van der Waals surface area contributed by atoms with Gasteiger partial charge in [-0.2, -0.15) is 8.42 Å². The molecule has 1 N–H and O–H groups in total. The van der Waals surface area contributed by atoms with Crippen molar-refractivity contribution < 1.29 is 13.0 Å². The maximum atomic E-state index is 10.8. The lowest BCUT2D eigenvalue weighted by Gasteiger charge is -1.93. The summed E-state index contributed by atoms with van der Waals surface area (Å²) in [6.45, 7) is 0. The van der Waals surface area contributed by atoms with Crippen LogP contribution in [0.4, 0.5) is 0 Å². The van der Waals surface area contributed by atoms with Gasteiger partial charge in [-0.05, 0) is 31.0 Å². The summed E-state index contributed by atoms with van der Waals surface area (Å²) in [5, 5.41) is 7.61. The lowest BCUT2D eigenvalue weighted by atomic mass is 10.3. The number of nitrogens with zero attached hydrogens (tertiary/aromatic N) is 3. The van der Waals surface area contributed by atoms with E-state index in [1.54, 1.807) is 0 Å². The molecule has 0 saturated carbocycles. The molecule has 2 aromatic rings. The Bertz CT molecular complexity index is 589. The summed E-state index contributed by atoms with van der Waals surface area (Å²) in [7, 11) is -4.19. The van der Waals surface area contributed by atoms with Crippen molar-refractivity contribution >= 4 is 34.0 Å². The summed E-state index contributed by atoms with van der Waals surface area (Å²) in [6, 6.07) is 3.92. The van der Waals surface area contributed by atoms with E-state index in [1.807, 2.05) is 0 Å². The second-order valence-corrected chi connectivity index (χ2v) is 4.37. The fraction of sp³-hybridized carbons (Fsp3) is 0. The van der Waals surface area contributed by atoms with Crippen LogP contribution in [-0.4, -0.2) is 27.4 Å². The third kappa shape index (κ3) is 1.59. The second kappa shape index (κ2) is 2.94. The van der Waals surface area contributed by atoms with Crippen molar-refractivity contribution in [2.24, 2.45) is 0 Å². The minimum Gasteiger partial charge on any atom is -0.282 e. The van der Waals surface area contributed by atoms with Crippen LogP contribution in [0.1, 0.15) is 0 Å². The smallest absolute Gasteiger partial charge is 0.282 e.